The minimum atomic E-state index is -4.61. The van der Waals surface area contributed by atoms with Crippen LogP contribution < -0.4 is 5.32 Å². The molecule has 3 aromatic rings. The summed E-state index contributed by atoms with van der Waals surface area (Å²) in [5.41, 5.74) is -0.902. The van der Waals surface area contributed by atoms with Gasteiger partial charge < -0.3 is 5.32 Å². The van der Waals surface area contributed by atoms with Gasteiger partial charge in [0.2, 0.25) is 0 Å². The summed E-state index contributed by atoms with van der Waals surface area (Å²) in [5, 5.41) is 8.00. The molecule has 120 valence electrons. The van der Waals surface area contributed by atoms with E-state index in [1.165, 1.54) is 17.4 Å². The van der Waals surface area contributed by atoms with E-state index in [2.05, 4.69) is 15.4 Å². The van der Waals surface area contributed by atoms with Crippen LogP contribution in [0.1, 0.15) is 23.1 Å². The molecular formula is C14H11F3N4OS. The number of rotatable bonds is 3. The highest BCUT2D eigenvalue weighted by atomic mass is 32.1. The predicted octanol–water partition coefficient (Wildman–Crippen LogP) is 3.23. The third kappa shape index (κ3) is 2.91. The van der Waals surface area contributed by atoms with Crippen LogP contribution in [0.4, 0.5) is 13.2 Å². The summed E-state index contributed by atoms with van der Waals surface area (Å²) in [6, 6.07) is 5.60. The number of carbonyl (C=O) groups is 1. The second kappa shape index (κ2) is 5.65. The number of thiophene rings is 1. The molecule has 0 aromatic carbocycles. The van der Waals surface area contributed by atoms with Crippen LogP contribution in [0.15, 0.2) is 29.6 Å². The number of nitrogens with zero attached hydrogens (tertiary/aromatic N) is 3. The number of hydrogen-bond donors (Lipinski definition) is 1. The smallest absolute Gasteiger partial charge is 0.351 e. The van der Waals surface area contributed by atoms with Crippen LogP contribution in [0.3, 0.4) is 0 Å². The lowest BCUT2D eigenvalue weighted by Gasteiger charge is -2.10. The first-order chi connectivity index (χ1) is 10.9. The van der Waals surface area contributed by atoms with Gasteiger partial charge in [-0.15, -0.1) is 11.3 Å². The van der Waals surface area contributed by atoms with Gasteiger partial charge >= 0.3 is 6.18 Å². The van der Waals surface area contributed by atoms with Crippen LogP contribution in [0.25, 0.3) is 16.2 Å². The van der Waals surface area contributed by atoms with Gasteiger partial charge in [-0.05, 0) is 24.4 Å². The van der Waals surface area contributed by atoms with Gasteiger partial charge in [-0.1, -0.05) is 6.07 Å². The van der Waals surface area contributed by atoms with E-state index >= 15 is 0 Å². The van der Waals surface area contributed by atoms with E-state index in [0.717, 1.165) is 6.07 Å². The molecule has 0 spiro atoms. The number of carbonyl (C=O) groups excluding carboxylic acids is 1. The number of fused-ring (bicyclic) bond motifs is 1. The maximum Gasteiger partial charge on any atom is 0.433 e. The average molecular weight is 340 g/mol. The molecule has 0 saturated carbocycles. The molecule has 1 amide bonds. The Labute approximate surface area is 132 Å². The van der Waals surface area contributed by atoms with Crippen molar-refractivity contribution in [2.45, 2.75) is 13.1 Å². The lowest BCUT2D eigenvalue weighted by Crippen LogP contribution is -2.23. The van der Waals surface area contributed by atoms with Crippen molar-refractivity contribution in [2.75, 3.05) is 6.54 Å². The van der Waals surface area contributed by atoms with Crippen molar-refractivity contribution >= 4 is 22.9 Å². The Morgan fingerprint density at radius 2 is 2.17 bits per heavy atom. The largest absolute Gasteiger partial charge is 0.433 e. The van der Waals surface area contributed by atoms with Crippen molar-refractivity contribution in [3.8, 4) is 10.6 Å². The standard InChI is InChI=1S/C14H11F3N4OS/c1-2-18-13(22)9-7-12-19-8(10-4-3-5-23-10)6-11(14(15,16)17)21(12)20-9/h3-7H,2H2,1H3,(H,18,22). The molecule has 9 heteroatoms. The zero-order valence-corrected chi connectivity index (χ0v) is 12.7. The fourth-order valence-electron chi connectivity index (χ4n) is 2.09. The average Bonchev–Trinajstić information content (AvgIpc) is 3.14. The van der Waals surface area contributed by atoms with Gasteiger partial charge in [-0.3, -0.25) is 4.79 Å². The maximum atomic E-state index is 13.3. The van der Waals surface area contributed by atoms with Crippen LogP contribution in [-0.2, 0) is 6.18 Å². The van der Waals surface area contributed by atoms with Gasteiger partial charge in [0.25, 0.3) is 5.91 Å². The first kappa shape index (κ1) is 15.5. The highest BCUT2D eigenvalue weighted by molar-refractivity contribution is 7.13. The molecule has 0 bridgehead atoms. The zero-order valence-electron chi connectivity index (χ0n) is 11.9. The summed E-state index contributed by atoms with van der Waals surface area (Å²) in [7, 11) is 0. The molecule has 3 heterocycles. The number of halogens is 3. The molecule has 0 saturated heterocycles. The molecule has 0 fully saturated rings. The summed E-state index contributed by atoms with van der Waals surface area (Å²) in [5.74, 6) is -0.538. The first-order valence-electron chi connectivity index (χ1n) is 6.70. The molecule has 5 nitrogen and oxygen atoms in total. The fourth-order valence-corrected chi connectivity index (χ4v) is 2.78. The number of nitrogens with one attached hydrogen (secondary N) is 1. The predicted molar refractivity (Wildman–Crippen MR) is 79.3 cm³/mol. The summed E-state index contributed by atoms with van der Waals surface area (Å²) >= 11 is 1.29. The van der Waals surface area contributed by atoms with Gasteiger partial charge in [0.15, 0.2) is 17.0 Å². The Hall–Kier alpha value is -2.42. The van der Waals surface area contributed by atoms with E-state index < -0.39 is 17.8 Å². The third-order valence-electron chi connectivity index (χ3n) is 3.06. The molecule has 0 atom stereocenters. The number of aromatic nitrogens is 3. The van der Waals surface area contributed by atoms with E-state index in [4.69, 9.17) is 0 Å². The summed E-state index contributed by atoms with van der Waals surface area (Å²) in [6.45, 7) is 2.06. The van der Waals surface area contributed by atoms with E-state index in [9.17, 15) is 18.0 Å². The minimum absolute atomic E-state index is 0.0236. The molecule has 0 radical (unpaired) electrons. The van der Waals surface area contributed by atoms with E-state index in [1.807, 2.05) is 0 Å². The van der Waals surface area contributed by atoms with Crippen LogP contribution in [0.2, 0.25) is 0 Å². The van der Waals surface area contributed by atoms with Crippen molar-refractivity contribution in [1.29, 1.82) is 0 Å². The van der Waals surface area contributed by atoms with E-state index in [0.29, 0.717) is 15.9 Å². The van der Waals surface area contributed by atoms with Crippen molar-refractivity contribution in [1.82, 2.24) is 19.9 Å². The summed E-state index contributed by atoms with van der Waals surface area (Å²) < 4.78 is 40.6. The van der Waals surface area contributed by atoms with Gasteiger partial charge in [-0.2, -0.15) is 18.3 Å². The molecule has 0 aliphatic carbocycles. The quantitative estimate of drug-likeness (QED) is 0.796. The third-order valence-corrected chi connectivity index (χ3v) is 3.95. The zero-order chi connectivity index (χ0) is 16.6. The van der Waals surface area contributed by atoms with Gasteiger partial charge in [-0.25, -0.2) is 9.50 Å². The van der Waals surface area contributed by atoms with Crippen molar-refractivity contribution < 1.29 is 18.0 Å². The van der Waals surface area contributed by atoms with Crippen LogP contribution in [0.5, 0.6) is 0 Å². The van der Waals surface area contributed by atoms with Crippen LogP contribution >= 0.6 is 11.3 Å². The Bertz CT molecular complexity index is 855. The number of hydrogen-bond acceptors (Lipinski definition) is 4. The lowest BCUT2D eigenvalue weighted by molar-refractivity contribution is -0.142. The van der Waals surface area contributed by atoms with Gasteiger partial charge in [0.05, 0.1) is 10.6 Å². The van der Waals surface area contributed by atoms with E-state index in [1.54, 1.807) is 24.4 Å². The van der Waals surface area contributed by atoms with Crippen molar-refractivity contribution in [2.24, 2.45) is 0 Å². The highest BCUT2D eigenvalue weighted by Gasteiger charge is 2.35. The second-order valence-electron chi connectivity index (χ2n) is 4.66. The molecule has 0 aliphatic rings. The first-order valence-corrected chi connectivity index (χ1v) is 7.58. The Kier molecular flexibility index (Phi) is 3.80. The van der Waals surface area contributed by atoms with Crippen molar-refractivity contribution in [3.05, 3.63) is 41.0 Å². The molecule has 1 N–H and O–H groups in total. The molecule has 0 unspecified atom stereocenters. The molecular weight excluding hydrogens is 329 g/mol. The monoisotopic (exact) mass is 340 g/mol. The van der Waals surface area contributed by atoms with E-state index in [-0.39, 0.29) is 17.0 Å². The number of amides is 1. The lowest BCUT2D eigenvalue weighted by atomic mass is 10.2. The molecule has 3 aromatic heterocycles. The topological polar surface area (TPSA) is 59.3 Å². The van der Waals surface area contributed by atoms with Crippen LogP contribution in [0, 0.1) is 0 Å². The Balaban J connectivity index is 2.21. The van der Waals surface area contributed by atoms with Gasteiger partial charge in [0, 0.05) is 12.6 Å². The Morgan fingerprint density at radius 3 is 2.78 bits per heavy atom. The molecule has 0 aliphatic heterocycles. The Morgan fingerprint density at radius 1 is 1.39 bits per heavy atom. The van der Waals surface area contributed by atoms with Crippen LogP contribution in [-0.4, -0.2) is 27.0 Å². The molecule has 23 heavy (non-hydrogen) atoms. The fraction of sp³-hybridized carbons (Fsp3) is 0.214. The summed E-state index contributed by atoms with van der Waals surface area (Å²) in [4.78, 5) is 16.6. The second-order valence-corrected chi connectivity index (χ2v) is 5.61. The minimum Gasteiger partial charge on any atom is -0.351 e. The van der Waals surface area contributed by atoms with Gasteiger partial charge in [0.1, 0.15) is 0 Å². The summed E-state index contributed by atoms with van der Waals surface area (Å²) in [6.07, 6.45) is -4.61. The number of alkyl halides is 3. The molecule has 3 rings (SSSR count). The normalized spacial score (nSPS) is 11.8. The highest BCUT2D eigenvalue weighted by Crippen LogP contribution is 2.33. The van der Waals surface area contributed by atoms with Crippen molar-refractivity contribution in [3.63, 3.8) is 0 Å². The maximum absolute atomic E-state index is 13.3. The SMILES string of the molecule is CCNC(=O)c1cc2nc(-c3cccs3)cc(C(F)(F)F)n2n1.